The lowest BCUT2D eigenvalue weighted by atomic mass is 10.1. The lowest BCUT2D eigenvalue weighted by molar-refractivity contribution is 0.0976. The van der Waals surface area contributed by atoms with Crippen LogP contribution < -0.4 is 24.8 Å². The maximum Gasteiger partial charge on any atom is 0.257 e. The summed E-state index contributed by atoms with van der Waals surface area (Å²) in [5.41, 5.74) is 2.63. The molecule has 0 saturated carbocycles. The van der Waals surface area contributed by atoms with Crippen LogP contribution in [0.15, 0.2) is 72.8 Å². The van der Waals surface area contributed by atoms with E-state index >= 15 is 0 Å². The number of carbonyl (C=O) groups is 1. The fourth-order valence-corrected chi connectivity index (χ4v) is 3.57. The molecule has 0 fully saturated rings. The third kappa shape index (κ3) is 8.89. The van der Waals surface area contributed by atoms with Gasteiger partial charge in [-0.2, -0.15) is 0 Å². The molecule has 1 amide bonds. The Morgan fingerprint density at radius 2 is 1.69 bits per heavy atom. The minimum absolute atomic E-state index is 0.242. The normalized spacial score (nSPS) is 10.6. The highest BCUT2D eigenvalue weighted by molar-refractivity contribution is 7.80. The molecule has 0 spiro atoms. The van der Waals surface area contributed by atoms with Crippen LogP contribution in [0.25, 0.3) is 0 Å². The predicted octanol–water partition coefficient (Wildman–Crippen LogP) is 5.55. The molecule has 3 aromatic rings. The average Bonchev–Trinajstić information content (AvgIpc) is 2.88. The number of carbonyl (C=O) groups excluding carboxylic acids is 1. The number of hydrogen-bond acceptors (Lipinski definition) is 5. The van der Waals surface area contributed by atoms with Crippen molar-refractivity contribution in [3.8, 4) is 17.2 Å². The third-order valence-corrected chi connectivity index (χ3v) is 5.71. The van der Waals surface area contributed by atoms with Crippen LogP contribution in [0.1, 0.15) is 41.8 Å². The Labute approximate surface area is 219 Å². The molecule has 0 aromatic heterocycles. The van der Waals surface area contributed by atoms with E-state index in [9.17, 15) is 4.79 Å². The van der Waals surface area contributed by atoms with Gasteiger partial charge in [-0.05, 0) is 66.0 Å². The van der Waals surface area contributed by atoms with Gasteiger partial charge in [0.1, 0.15) is 5.75 Å². The van der Waals surface area contributed by atoms with Gasteiger partial charge < -0.3 is 19.5 Å². The van der Waals surface area contributed by atoms with Gasteiger partial charge in [0, 0.05) is 18.5 Å². The molecule has 0 heterocycles. The number of hydrogen-bond donors (Lipinski definition) is 2. The van der Waals surface area contributed by atoms with Crippen molar-refractivity contribution in [1.82, 2.24) is 10.6 Å². The summed E-state index contributed by atoms with van der Waals surface area (Å²) in [6.45, 7) is 5.93. The van der Waals surface area contributed by atoms with Crippen LogP contribution in [0.4, 0.5) is 0 Å². The minimum Gasteiger partial charge on any atom is -0.493 e. The molecule has 7 heteroatoms. The van der Waals surface area contributed by atoms with Crippen LogP contribution in [0.2, 0.25) is 0 Å². The number of benzene rings is 3. The van der Waals surface area contributed by atoms with Crippen molar-refractivity contribution in [3.05, 3.63) is 89.5 Å². The first kappa shape index (κ1) is 27.0. The highest BCUT2D eigenvalue weighted by Gasteiger charge is 2.11. The Morgan fingerprint density at radius 1 is 0.889 bits per heavy atom. The quantitative estimate of drug-likeness (QED) is 0.314. The summed E-state index contributed by atoms with van der Waals surface area (Å²) in [7, 11) is 1.62. The SMILES string of the molecule is COc1cc(CNC(=S)NC(=O)c2cccc(OCCc3ccccc3)c2)ccc1OCCC(C)C. The van der Waals surface area contributed by atoms with Crippen molar-refractivity contribution in [2.24, 2.45) is 5.92 Å². The molecule has 36 heavy (non-hydrogen) atoms. The molecule has 0 aliphatic rings. The molecular weight excluding hydrogens is 472 g/mol. The van der Waals surface area contributed by atoms with E-state index in [1.54, 1.807) is 25.3 Å². The number of methoxy groups -OCH3 is 1. The zero-order valence-corrected chi connectivity index (χ0v) is 21.9. The topological polar surface area (TPSA) is 68.8 Å². The van der Waals surface area contributed by atoms with E-state index in [-0.39, 0.29) is 11.0 Å². The van der Waals surface area contributed by atoms with Gasteiger partial charge in [0.05, 0.1) is 20.3 Å². The van der Waals surface area contributed by atoms with Crippen molar-refractivity contribution >= 4 is 23.2 Å². The fourth-order valence-electron chi connectivity index (χ4n) is 3.41. The van der Waals surface area contributed by atoms with E-state index < -0.39 is 0 Å². The van der Waals surface area contributed by atoms with E-state index in [1.165, 1.54) is 5.56 Å². The first-order valence-electron chi connectivity index (χ1n) is 12.1. The van der Waals surface area contributed by atoms with Crippen LogP contribution in [0.5, 0.6) is 17.2 Å². The highest BCUT2D eigenvalue weighted by Crippen LogP contribution is 2.28. The number of amides is 1. The average molecular weight is 507 g/mol. The van der Waals surface area contributed by atoms with Crippen molar-refractivity contribution in [2.75, 3.05) is 20.3 Å². The first-order valence-corrected chi connectivity index (χ1v) is 12.5. The Hall–Kier alpha value is -3.58. The summed E-state index contributed by atoms with van der Waals surface area (Å²) in [6.07, 6.45) is 1.77. The molecule has 0 atom stereocenters. The van der Waals surface area contributed by atoms with Gasteiger partial charge in [-0.15, -0.1) is 0 Å². The van der Waals surface area contributed by atoms with Gasteiger partial charge in [0.15, 0.2) is 16.6 Å². The number of rotatable bonds is 12. The van der Waals surface area contributed by atoms with Gasteiger partial charge in [-0.3, -0.25) is 10.1 Å². The lowest BCUT2D eigenvalue weighted by Gasteiger charge is -2.14. The third-order valence-electron chi connectivity index (χ3n) is 5.46. The van der Waals surface area contributed by atoms with Gasteiger partial charge in [-0.25, -0.2) is 0 Å². The lowest BCUT2D eigenvalue weighted by Crippen LogP contribution is -2.38. The molecular formula is C29H34N2O4S. The smallest absolute Gasteiger partial charge is 0.257 e. The molecule has 190 valence electrons. The number of thiocarbonyl (C=S) groups is 1. The molecule has 0 unspecified atom stereocenters. The van der Waals surface area contributed by atoms with E-state index in [0.717, 1.165) is 18.4 Å². The van der Waals surface area contributed by atoms with E-state index in [4.69, 9.17) is 26.4 Å². The van der Waals surface area contributed by atoms with Crippen LogP contribution >= 0.6 is 12.2 Å². The van der Waals surface area contributed by atoms with Crippen LogP contribution in [0, 0.1) is 5.92 Å². The molecule has 3 rings (SSSR count). The summed E-state index contributed by atoms with van der Waals surface area (Å²) in [5, 5.41) is 6.03. The molecule has 0 radical (unpaired) electrons. The molecule has 0 aliphatic heterocycles. The Morgan fingerprint density at radius 3 is 2.44 bits per heavy atom. The highest BCUT2D eigenvalue weighted by atomic mass is 32.1. The van der Waals surface area contributed by atoms with Crippen LogP contribution in [-0.4, -0.2) is 31.3 Å². The maximum absolute atomic E-state index is 12.7. The van der Waals surface area contributed by atoms with Crippen molar-refractivity contribution in [3.63, 3.8) is 0 Å². The van der Waals surface area contributed by atoms with Crippen molar-refractivity contribution in [2.45, 2.75) is 33.2 Å². The summed E-state index contributed by atoms with van der Waals surface area (Å²) >= 11 is 5.32. The largest absolute Gasteiger partial charge is 0.493 e. The van der Waals surface area contributed by atoms with Crippen molar-refractivity contribution < 1.29 is 19.0 Å². The number of ether oxygens (including phenoxy) is 3. The standard InChI is InChI=1S/C29H34N2O4S/c1-21(2)14-16-35-26-13-12-23(18-27(26)33-3)20-30-29(36)31-28(32)24-10-7-11-25(19-24)34-17-15-22-8-5-4-6-9-22/h4-13,18-19,21H,14-17,20H2,1-3H3,(H2,30,31,32,36). The predicted molar refractivity (Wildman–Crippen MR) is 147 cm³/mol. The second-order valence-corrected chi connectivity index (χ2v) is 9.17. The zero-order chi connectivity index (χ0) is 25.8. The summed E-state index contributed by atoms with van der Waals surface area (Å²) in [4.78, 5) is 12.7. The van der Waals surface area contributed by atoms with E-state index in [2.05, 4.69) is 36.6 Å². The molecule has 6 nitrogen and oxygen atoms in total. The van der Waals surface area contributed by atoms with Crippen molar-refractivity contribution in [1.29, 1.82) is 0 Å². The van der Waals surface area contributed by atoms with E-state index in [0.29, 0.717) is 48.5 Å². The van der Waals surface area contributed by atoms with Gasteiger partial charge in [0.25, 0.3) is 5.91 Å². The maximum atomic E-state index is 12.7. The fraction of sp³-hybridized carbons (Fsp3) is 0.310. The Bertz CT molecular complexity index is 1140. The Balaban J connectivity index is 1.47. The summed E-state index contributed by atoms with van der Waals surface area (Å²) < 4.78 is 17.1. The Kier molecular flexibility index (Phi) is 10.6. The number of nitrogens with one attached hydrogen (secondary N) is 2. The van der Waals surface area contributed by atoms with Crippen LogP contribution in [-0.2, 0) is 13.0 Å². The molecule has 0 bridgehead atoms. The molecule has 2 N–H and O–H groups in total. The molecule has 0 aliphatic carbocycles. The molecule has 0 saturated heterocycles. The van der Waals surface area contributed by atoms with Gasteiger partial charge in [0.2, 0.25) is 0 Å². The second kappa shape index (κ2) is 14.1. The van der Waals surface area contributed by atoms with Crippen LogP contribution in [0.3, 0.4) is 0 Å². The molecule has 3 aromatic carbocycles. The van der Waals surface area contributed by atoms with Gasteiger partial charge in [-0.1, -0.05) is 56.3 Å². The second-order valence-electron chi connectivity index (χ2n) is 8.76. The zero-order valence-electron chi connectivity index (χ0n) is 21.1. The summed E-state index contributed by atoms with van der Waals surface area (Å²) in [5.74, 6) is 2.29. The van der Waals surface area contributed by atoms with Gasteiger partial charge >= 0.3 is 0 Å². The monoisotopic (exact) mass is 506 g/mol. The minimum atomic E-state index is -0.299. The first-order chi connectivity index (χ1) is 17.4. The van der Waals surface area contributed by atoms with E-state index in [1.807, 2.05) is 42.5 Å². The summed E-state index contributed by atoms with van der Waals surface area (Å²) in [6, 6.07) is 22.9.